The van der Waals surface area contributed by atoms with Crippen LogP contribution in [-0.2, 0) is 0 Å². The van der Waals surface area contributed by atoms with Gasteiger partial charge in [0.1, 0.15) is 5.75 Å². The lowest BCUT2D eigenvalue weighted by atomic mass is 10.2. The third-order valence-corrected chi connectivity index (χ3v) is 5.62. The second kappa shape index (κ2) is 10.6. The van der Waals surface area contributed by atoms with Crippen molar-refractivity contribution in [3.05, 3.63) is 100 Å². The summed E-state index contributed by atoms with van der Waals surface area (Å²) in [5.41, 5.74) is 3.21. The molecular weight excluding hydrogens is 522 g/mol. The average Bonchev–Trinajstić information content (AvgIpc) is 3.31. The molecule has 0 amide bonds. The average molecular weight is 543 g/mol. The molecule has 3 aromatic carbocycles. The first-order chi connectivity index (χ1) is 15.2. The molecular formula is C25H21Br2NO3. The summed E-state index contributed by atoms with van der Waals surface area (Å²) in [5, 5.41) is 0. The zero-order chi connectivity index (χ0) is 21.5. The summed E-state index contributed by atoms with van der Waals surface area (Å²) < 4.78 is 18.6. The van der Waals surface area contributed by atoms with Crippen LogP contribution in [0.5, 0.6) is 11.7 Å². The van der Waals surface area contributed by atoms with Crippen LogP contribution in [0.2, 0.25) is 0 Å². The molecule has 6 heteroatoms. The van der Waals surface area contributed by atoms with Crippen molar-refractivity contribution in [2.24, 2.45) is 0 Å². The Kier molecular flexibility index (Phi) is 7.33. The quantitative estimate of drug-likeness (QED) is 0.200. The molecule has 1 heterocycles. The standard InChI is InChI=1S/C25H21Br2NO3/c26-19-4-8-21(9-5-19)28(22-10-6-20(27)7-11-22)23-12-14-24(15-13-23)29-17-2-18-31-25-3-1-16-30-25/h1,3-16H,2,17-18H2. The maximum atomic E-state index is 5.86. The summed E-state index contributed by atoms with van der Waals surface area (Å²) in [5.74, 6) is 1.36. The Bertz CT molecular complexity index is 1020. The van der Waals surface area contributed by atoms with E-state index in [2.05, 4.69) is 73.2 Å². The van der Waals surface area contributed by atoms with Gasteiger partial charge in [0.25, 0.3) is 5.95 Å². The topological polar surface area (TPSA) is 34.8 Å². The Balaban J connectivity index is 1.43. The first-order valence-electron chi connectivity index (χ1n) is 9.89. The summed E-state index contributed by atoms with van der Waals surface area (Å²) in [6.45, 7) is 1.12. The molecule has 0 radical (unpaired) electrons. The number of halogens is 2. The van der Waals surface area contributed by atoms with Gasteiger partial charge in [-0.15, -0.1) is 0 Å². The summed E-state index contributed by atoms with van der Waals surface area (Å²) in [7, 11) is 0. The van der Waals surface area contributed by atoms with Crippen LogP contribution in [0.25, 0.3) is 0 Å². The highest BCUT2D eigenvalue weighted by atomic mass is 79.9. The van der Waals surface area contributed by atoms with Gasteiger partial charge in [-0.25, -0.2) is 0 Å². The van der Waals surface area contributed by atoms with Gasteiger partial charge in [-0.1, -0.05) is 31.9 Å². The highest BCUT2D eigenvalue weighted by Gasteiger charge is 2.12. The molecule has 4 aromatic rings. The maximum absolute atomic E-state index is 5.86. The van der Waals surface area contributed by atoms with Gasteiger partial charge in [0.2, 0.25) is 0 Å². The van der Waals surface area contributed by atoms with Crippen molar-refractivity contribution in [1.29, 1.82) is 0 Å². The minimum atomic E-state index is 0.533. The lowest BCUT2D eigenvalue weighted by Gasteiger charge is -2.25. The molecule has 0 unspecified atom stereocenters. The summed E-state index contributed by atoms with van der Waals surface area (Å²) in [6, 6.07) is 28.3. The Labute approximate surface area is 198 Å². The van der Waals surface area contributed by atoms with E-state index in [0.717, 1.165) is 38.2 Å². The summed E-state index contributed by atoms with van der Waals surface area (Å²) in [4.78, 5) is 2.21. The molecule has 4 rings (SSSR count). The zero-order valence-electron chi connectivity index (χ0n) is 16.7. The van der Waals surface area contributed by atoms with Gasteiger partial charge >= 0.3 is 0 Å². The highest BCUT2D eigenvalue weighted by molar-refractivity contribution is 9.10. The molecule has 1 aromatic heterocycles. The largest absolute Gasteiger partial charge is 0.493 e. The van der Waals surface area contributed by atoms with Crippen LogP contribution in [0, 0.1) is 0 Å². The second-order valence-corrected chi connectivity index (χ2v) is 8.60. The van der Waals surface area contributed by atoms with Crippen molar-refractivity contribution < 1.29 is 13.9 Å². The van der Waals surface area contributed by atoms with Crippen LogP contribution < -0.4 is 14.4 Å². The van der Waals surface area contributed by atoms with Crippen molar-refractivity contribution in [3.8, 4) is 11.7 Å². The third kappa shape index (κ3) is 5.93. The van der Waals surface area contributed by atoms with Gasteiger partial charge in [0, 0.05) is 38.5 Å². The Morgan fingerprint density at radius 2 is 1.16 bits per heavy atom. The van der Waals surface area contributed by atoms with Gasteiger partial charge in [0.05, 0.1) is 19.5 Å². The maximum Gasteiger partial charge on any atom is 0.284 e. The molecule has 4 nitrogen and oxygen atoms in total. The predicted octanol–water partition coefficient (Wildman–Crippen LogP) is 8.12. The Morgan fingerprint density at radius 3 is 1.68 bits per heavy atom. The van der Waals surface area contributed by atoms with Gasteiger partial charge in [-0.3, -0.25) is 0 Å². The molecule has 0 spiro atoms. The Hall–Kier alpha value is -2.70. The van der Waals surface area contributed by atoms with Crippen molar-refractivity contribution in [1.82, 2.24) is 0 Å². The molecule has 0 aliphatic heterocycles. The number of anilines is 3. The van der Waals surface area contributed by atoms with E-state index >= 15 is 0 Å². The molecule has 31 heavy (non-hydrogen) atoms. The van der Waals surface area contributed by atoms with Crippen molar-refractivity contribution in [2.75, 3.05) is 18.1 Å². The van der Waals surface area contributed by atoms with Crippen LogP contribution in [0.3, 0.4) is 0 Å². The number of furan rings is 1. The van der Waals surface area contributed by atoms with Crippen molar-refractivity contribution in [3.63, 3.8) is 0 Å². The summed E-state index contributed by atoms with van der Waals surface area (Å²) in [6.07, 6.45) is 2.37. The van der Waals surface area contributed by atoms with E-state index < -0.39 is 0 Å². The first kappa shape index (κ1) is 21.5. The molecule has 158 valence electrons. The second-order valence-electron chi connectivity index (χ2n) is 6.76. The normalized spacial score (nSPS) is 10.6. The smallest absolute Gasteiger partial charge is 0.284 e. The van der Waals surface area contributed by atoms with Gasteiger partial charge in [-0.05, 0) is 78.9 Å². The lowest BCUT2D eigenvalue weighted by Crippen LogP contribution is -2.10. The van der Waals surface area contributed by atoms with E-state index in [1.807, 2.05) is 36.4 Å². The Morgan fingerprint density at radius 1 is 0.645 bits per heavy atom. The molecule has 0 aliphatic rings. The minimum absolute atomic E-state index is 0.533. The van der Waals surface area contributed by atoms with E-state index in [9.17, 15) is 0 Å². The fourth-order valence-electron chi connectivity index (χ4n) is 3.09. The van der Waals surface area contributed by atoms with Crippen LogP contribution in [-0.4, -0.2) is 13.2 Å². The molecule has 0 bridgehead atoms. The summed E-state index contributed by atoms with van der Waals surface area (Å²) >= 11 is 7.03. The number of nitrogens with zero attached hydrogens (tertiary/aromatic N) is 1. The van der Waals surface area contributed by atoms with E-state index in [1.165, 1.54) is 0 Å². The number of hydrogen-bond donors (Lipinski definition) is 0. The van der Waals surface area contributed by atoms with E-state index in [1.54, 1.807) is 18.4 Å². The molecule has 0 atom stereocenters. The first-order valence-corrected chi connectivity index (χ1v) is 11.5. The lowest BCUT2D eigenvalue weighted by molar-refractivity contribution is 0.210. The van der Waals surface area contributed by atoms with Gasteiger partial charge in [-0.2, -0.15) is 0 Å². The van der Waals surface area contributed by atoms with Crippen molar-refractivity contribution in [2.45, 2.75) is 6.42 Å². The fraction of sp³-hybridized carbons (Fsp3) is 0.120. The highest BCUT2D eigenvalue weighted by Crippen LogP contribution is 2.36. The van der Waals surface area contributed by atoms with E-state index in [0.29, 0.717) is 19.2 Å². The monoisotopic (exact) mass is 541 g/mol. The third-order valence-electron chi connectivity index (χ3n) is 4.56. The van der Waals surface area contributed by atoms with Crippen molar-refractivity contribution >= 4 is 48.9 Å². The van der Waals surface area contributed by atoms with Gasteiger partial charge in [0.15, 0.2) is 0 Å². The van der Waals surface area contributed by atoms with Crippen LogP contribution >= 0.6 is 31.9 Å². The van der Waals surface area contributed by atoms with E-state index in [-0.39, 0.29) is 0 Å². The molecule has 0 aliphatic carbocycles. The fourth-order valence-corrected chi connectivity index (χ4v) is 3.61. The minimum Gasteiger partial charge on any atom is -0.493 e. The number of benzene rings is 3. The van der Waals surface area contributed by atoms with Crippen LogP contribution in [0.1, 0.15) is 6.42 Å². The molecule has 0 saturated carbocycles. The number of hydrogen-bond acceptors (Lipinski definition) is 4. The molecule has 0 fully saturated rings. The SMILES string of the molecule is Brc1ccc(N(c2ccc(Br)cc2)c2ccc(OCCCOc3ccco3)cc2)cc1. The van der Waals surface area contributed by atoms with Crippen LogP contribution in [0.15, 0.2) is 105 Å². The number of rotatable bonds is 9. The van der Waals surface area contributed by atoms with Gasteiger partial charge < -0.3 is 18.8 Å². The molecule has 0 N–H and O–H groups in total. The van der Waals surface area contributed by atoms with E-state index in [4.69, 9.17) is 13.9 Å². The zero-order valence-corrected chi connectivity index (χ0v) is 19.9. The van der Waals surface area contributed by atoms with Crippen LogP contribution in [0.4, 0.5) is 17.1 Å². The predicted molar refractivity (Wildman–Crippen MR) is 131 cm³/mol. The molecule has 0 saturated heterocycles. The number of ether oxygens (including phenoxy) is 2.